The first kappa shape index (κ1) is 20.9. The SMILES string of the molecule is C=N/C(=C(C)\C=C(/C)N1CCOC(COF)C1)c1c(C)cc(OC)cc1O. The molecule has 0 aromatic heterocycles. The van der Waals surface area contributed by atoms with Crippen molar-refractivity contribution in [2.45, 2.75) is 26.9 Å². The van der Waals surface area contributed by atoms with E-state index >= 15 is 0 Å². The van der Waals surface area contributed by atoms with Gasteiger partial charge in [-0.25, -0.2) is 0 Å². The first-order chi connectivity index (χ1) is 12.9. The van der Waals surface area contributed by atoms with E-state index in [2.05, 4.69) is 21.6 Å². The number of methoxy groups -OCH3 is 1. The number of aliphatic imine (C=N–C) groups is 1. The number of aromatic hydroxyl groups is 1. The molecule has 27 heavy (non-hydrogen) atoms. The van der Waals surface area contributed by atoms with E-state index in [0.29, 0.717) is 36.7 Å². The van der Waals surface area contributed by atoms with Crippen LogP contribution >= 0.6 is 0 Å². The molecule has 1 aliphatic heterocycles. The molecule has 0 bridgehead atoms. The zero-order chi connectivity index (χ0) is 20.0. The molecule has 1 saturated heterocycles. The van der Waals surface area contributed by atoms with Crippen LogP contribution in [0.4, 0.5) is 4.53 Å². The van der Waals surface area contributed by atoms with Gasteiger partial charge in [0.1, 0.15) is 24.2 Å². The number of nitrogens with zero attached hydrogens (tertiary/aromatic N) is 2. The van der Waals surface area contributed by atoms with Gasteiger partial charge in [-0.2, -0.15) is 4.94 Å². The van der Waals surface area contributed by atoms with E-state index in [-0.39, 0.29) is 18.5 Å². The van der Waals surface area contributed by atoms with Crippen LogP contribution in [0.2, 0.25) is 0 Å². The highest BCUT2D eigenvalue weighted by molar-refractivity contribution is 5.78. The molecule has 1 aromatic carbocycles. The fraction of sp³-hybridized carbons (Fsp3) is 0.450. The van der Waals surface area contributed by atoms with Crippen molar-refractivity contribution in [1.82, 2.24) is 4.90 Å². The van der Waals surface area contributed by atoms with E-state index in [4.69, 9.17) is 9.47 Å². The lowest BCUT2D eigenvalue weighted by molar-refractivity contribution is -0.175. The summed E-state index contributed by atoms with van der Waals surface area (Å²) in [6, 6.07) is 3.40. The maximum absolute atomic E-state index is 12.1. The second kappa shape index (κ2) is 9.53. The minimum atomic E-state index is -0.304. The monoisotopic (exact) mass is 378 g/mol. The summed E-state index contributed by atoms with van der Waals surface area (Å²) in [4.78, 5) is 9.97. The average molecular weight is 378 g/mol. The highest BCUT2D eigenvalue weighted by atomic mass is 19.3. The molecule has 1 heterocycles. The lowest BCUT2D eigenvalue weighted by atomic mass is 10.00. The van der Waals surface area contributed by atoms with Crippen molar-refractivity contribution in [1.29, 1.82) is 0 Å². The highest BCUT2D eigenvalue weighted by Gasteiger charge is 2.21. The van der Waals surface area contributed by atoms with Crippen LogP contribution in [0, 0.1) is 6.92 Å². The molecule has 0 radical (unpaired) electrons. The van der Waals surface area contributed by atoms with Crippen molar-refractivity contribution < 1.29 is 24.0 Å². The van der Waals surface area contributed by atoms with E-state index in [1.165, 1.54) is 0 Å². The zero-order valence-electron chi connectivity index (χ0n) is 16.3. The maximum atomic E-state index is 12.1. The number of phenolic OH excluding ortho intramolecular Hbond substituents is 1. The highest BCUT2D eigenvalue weighted by Crippen LogP contribution is 2.35. The summed E-state index contributed by atoms with van der Waals surface area (Å²) in [5.74, 6) is 0.669. The number of rotatable bonds is 7. The molecule has 1 fully saturated rings. The standard InChI is InChI=1S/C20H27FN2O4/c1-13-9-16(25-5)10-18(24)19(13)20(22-4)14(2)8-15(3)23-6-7-26-17(11-23)12-27-21/h8-10,17,24H,4,6-7,11-12H2,1-3,5H3/b15-8+,20-14-. The molecule has 0 spiro atoms. The van der Waals surface area contributed by atoms with E-state index in [1.54, 1.807) is 13.2 Å². The van der Waals surface area contributed by atoms with Crippen LogP contribution < -0.4 is 4.74 Å². The van der Waals surface area contributed by atoms with Gasteiger partial charge in [0.05, 0.1) is 19.4 Å². The number of phenols is 1. The molecular weight excluding hydrogens is 351 g/mol. The van der Waals surface area contributed by atoms with E-state index < -0.39 is 0 Å². The van der Waals surface area contributed by atoms with Gasteiger partial charge in [0.25, 0.3) is 0 Å². The maximum Gasteiger partial charge on any atom is 0.128 e. The van der Waals surface area contributed by atoms with Crippen LogP contribution in [0.25, 0.3) is 5.70 Å². The molecular formula is C20H27FN2O4. The number of hydrogen-bond acceptors (Lipinski definition) is 6. The number of allylic oxidation sites excluding steroid dienone is 3. The van der Waals surface area contributed by atoms with E-state index in [0.717, 1.165) is 16.8 Å². The zero-order valence-corrected chi connectivity index (χ0v) is 16.3. The molecule has 1 N–H and O–H groups in total. The van der Waals surface area contributed by atoms with Crippen LogP contribution in [0.15, 0.2) is 34.5 Å². The Balaban J connectivity index is 2.34. The average Bonchev–Trinajstić information content (AvgIpc) is 2.64. The number of aryl methyl sites for hydroxylation is 1. The van der Waals surface area contributed by atoms with Crippen LogP contribution in [-0.4, -0.2) is 56.2 Å². The van der Waals surface area contributed by atoms with Crippen molar-refractivity contribution >= 4 is 12.4 Å². The van der Waals surface area contributed by atoms with Gasteiger partial charge < -0.3 is 19.5 Å². The molecule has 7 heteroatoms. The van der Waals surface area contributed by atoms with Gasteiger partial charge in [-0.15, -0.1) is 0 Å². The smallest absolute Gasteiger partial charge is 0.128 e. The third-order valence-corrected chi connectivity index (χ3v) is 4.60. The van der Waals surface area contributed by atoms with Crippen molar-refractivity contribution in [2.24, 2.45) is 4.99 Å². The number of benzene rings is 1. The van der Waals surface area contributed by atoms with Crippen LogP contribution in [0.3, 0.4) is 0 Å². The van der Waals surface area contributed by atoms with Gasteiger partial charge >= 0.3 is 0 Å². The first-order valence-electron chi connectivity index (χ1n) is 8.75. The quantitative estimate of drug-likeness (QED) is 0.580. The Kier molecular flexibility index (Phi) is 7.38. The normalized spacial score (nSPS) is 18.9. The molecule has 0 saturated carbocycles. The second-order valence-corrected chi connectivity index (χ2v) is 6.53. The number of ether oxygens (including phenoxy) is 2. The Morgan fingerprint density at radius 3 is 2.81 bits per heavy atom. The third-order valence-electron chi connectivity index (χ3n) is 4.60. The van der Waals surface area contributed by atoms with E-state index in [1.807, 2.05) is 32.9 Å². The van der Waals surface area contributed by atoms with Gasteiger partial charge in [-0.3, -0.25) is 4.99 Å². The molecule has 1 aromatic rings. The molecule has 2 rings (SSSR count). The van der Waals surface area contributed by atoms with Gasteiger partial charge in [-0.1, -0.05) is 0 Å². The van der Waals surface area contributed by atoms with Gasteiger partial charge in [0.15, 0.2) is 0 Å². The lowest BCUT2D eigenvalue weighted by Gasteiger charge is -2.34. The lowest BCUT2D eigenvalue weighted by Crippen LogP contribution is -2.43. The number of hydrogen-bond donors (Lipinski definition) is 1. The third kappa shape index (κ3) is 5.08. The predicted octanol–water partition coefficient (Wildman–Crippen LogP) is 3.65. The second-order valence-electron chi connectivity index (χ2n) is 6.53. The minimum Gasteiger partial charge on any atom is -0.507 e. The van der Waals surface area contributed by atoms with Crippen molar-refractivity contribution in [3.8, 4) is 11.5 Å². The molecule has 148 valence electrons. The predicted molar refractivity (Wildman–Crippen MR) is 104 cm³/mol. The van der Waals surface area contributed by atoms with Gasteiger partial charge in [0.2, 0.25) is 0 Å². The summed E-state index contributed by atoms with van der Waals surface area (Å²) in [6.07, 6.45) is 1.67. The Bertz CT molecular complexity index is 720. The van der Waals surface area contributed by atoms with Gasteiger partial charge in [-0.05, 0) is 55.3 Å². The summed E-state index contributed by atoms with van der Waals surface area (Å²) in [5.41, 5.74) is 3.91. The van der Waals surface area contributed by atoms with E-state index in [9.17, 15) is 9.63 Å². The number of morpholine rings is 1. The molecule has 0 amide bonds. The fourth-order valence-electron chi connectivity index (χ4n) is 3.25. The summed E-state index contributed by atoms with van der Waals surface area (Å²) < 4.78 is 22.8. The first-order valence-corrected chi connectivity index (χ1v) is 8.75. The van der Waals surface area contributed by atoms with Crippen molar-refractivity contribution in [2.75, 3.05) is 33.4 Å². The molecule has 1 unspecified atom stereocenters. The Hall–Kier alpha value is -2.38. The molecule has 6 nitrogen and oxygen atoms in total. The minimum absolute atomic E-state index is 0.0863. The summed E-state index contributed by atoms with van der Waals surface area (Å²) >= 11 is 0. The number of halogens is 1. The summed E-state index contributed by atoms with van der Waals surface area (Å²) in [7, 11) is 1.55. The topological polar surface area (TPSA) is 63.5 Å². The largest absolute Gasteiger partial charge is 0.507 e. The Morgan fingerprint density at radius 1 is 1.48 bits per heavy atom. The van der Waals surface area contributed by atoms with Crippen LogP contribution in [-0.2, 0) is 9.68 Å². The summed E-state index contributed by atoms with van der Waals surface area (Å²) in [6.45, 7) is 11.1. The van der Waals surface area contributed by atoms with Crippen molar-refractivity contribution in [3.63, 3.8) is 0 Å². The van der Waals surface area contributed by atoms with Crippen molar-refractivity contribution in [3.05, 3.63) is 40.6 Å². The van der Waals surface area contributed by atoms with Crippen LogP contribution in [0.1, 0.15) is 25.0 Å². The molecule has 1 aliphatic rings. The molecule has 1 atom stereocenters. The molecule has 0 aliphatic carbocycles. The Morgan fingerprint density at radius 2 is 2.22 bits per heavy atom. The summed E-state index contributed by atoms with van der Waals surface area (Å²) in [5, 5.41) is 10.4. The van der Waals surface area contributed by atoms with Crippen LogP contribution in [0.5, 0.6) is 11.5 Å². The Labute approximate surface area is 159 Å². The fourth-order valence-corrected chi connectivity index (χ4v) is 3.25. The van der Waals surface area contributed by atoms with Gasteiger partial charge in [0, 0.05) is 30.4 Å².